The maximum atomic E-state index is 11.8. The highest BCUT2D eigenvalue weighted by Gasteiger charge is 2.30. The SMILES string of the molecule is CC(C)(NC(=O)c1cc(I)ccc1O)C(=O)O. The van der Waals surface area contributed by atoms with Crippen LogP contribution in [0.5, 0.6) is 5.75 Å². The molecule has 0 aliphatic heterocycles. The fourth-order valence-corrected chi connectivity index (χ4v) is 1.59. The maximum absolute atomic E-state index is 11.8. The number of nitrogens with one attached hydrogen (secondary N) is 1. The molecule has 0 atom stereocenters. The molecule has 1 amide bonds. The van der Waals surface area contributed by atoms with E-state index in [4.69, 9.17) is 5.11 Å². The van der Waals surface area contributed by atoms with Crippen molar-refractivity contribution in [3.8, 4) is 5.75 Å². The third-order valence-electron chi connectivity index (χ3n) is 2.16. The minimum Gasteiger partial charge on any atom is -0.507 e. The molecule has 0 heterocycles. The average Bonchev–Trinajstić information content (AvgIpc) is 2.20. The quantitative estimate of drug-likeness (QED) is 0.724. The van der Waals surface area contributed by atoms with E-state index < -0.39 is 17.4 Å². The van der Waals surface area contributed by atoms with E-state index in [0.29, 0.717) is 0 Å². The Morgan fingerprint density at radius 3 is 2.47 bits per heavy atom. The molecule has 1 rings (SSSR count). The molecule has 92 valence electrons. The Morgan fingerprint density at radius 2 is 1.94 bits per heavy atom. The highest BCUT2D eigenvalue weighted by Crippen LogP contribution is 2.20. The maximum Gasteiger partial charge on any atom is 0.328 e. The molecule has 3 N–H and O–H groups in total. The van der Waals surface area contributed by atoms with Crippen LogP contribution in [0.15, 0.2) is 18.2 Å². The summed E-state index contributed by atoms with van der Waals surface area (Å²) >= 11 is 2.00. The van der Waals surface area contributed by atoms with E-state index in [1.807, 2.05) is 22.6 Å². The Morgan fingerprint density at radius 1 is 1.35 bits per heavy atom. The molecule has 1 aromatic carbocycles. The number of carboxylic acid groups (broad SMARTS) is 1. The van der Waals surface area contributed by atoms with Crippen molar-refractivity contribution in [2.75, 3.05) is 0 Å². The van der Waals surface area contributed by atoms with Crippen molar-refractivity contribution in [2.24, 2.45) is 0 Å². The van der Waals surface area contributed by atoms with Gasteiger partial charge in [-0.1, -0.05) is 0 Å². The number of phenols is 1. The van der Waals surface area contributed by atoms with Crippen LogP contribution in [0.1, 0.15) is 24.2 Å². The number of carboxylic acids is 1. The normalized spacial score (nSPS) is 11.0. The first-order chi connectivity index (χ1) is 7.74. The molecule has 0 saturated heterocycles. The number of phenolic OH excluding ortho intramolecular Hbond substituents is 1. The van der Waals surface area contributed by atoms with Gasteiger partial charge in [0.1, 0.15) is 11.3 Å². The number of hydrogen-bond donors (Lipinski definition) is 3. The van der Waals surface area contributed by atoms with Crippen molar-refractivity contribution in [2.45, 2.75) is 19.4 Å². The highest BCUT2D eigenvalue weighted by molar-refractivity contribution is 14.1. The van der Waals surface area contributed by atoms with Crippen molar-refractivity contribution in [3.63, 3.8) is 0 Å². The summed E-state index contributed by atoms with van der Waals surface area (Å²) in [5.74, 6) is -1.94. The van der Waals surface area contributed by atoms with Gasteiger partial charge in [-0.2, -0.15) is 0 Å². The number of benzene rings is 1. The standard InChI is InChI=1S/C11H12INO4/c1-11(2,10(16)17)13-9(15)7-5-6(12)3-4-8(7)14/h3-5,14H,1-2H3,(H,13,15)(H,16,17). The predicted octanol–water partition coefficient (Wildman–Crippen LogP) is 1.59. The number of hydrogen-bond acceptors (Lipinski definition) is 3. The van der Waals surface area contributed by atoms with Gasteiger partial charge >= 0.3 is 5.97 Å². The lowest BCUT2D eigenvalue weighted by molar-refractivity contribution is -0.143. The van der Waals surface area contributed by atoms with Gasteiger partial charge in [-0.15, -0.1) is 0 Å². The summed E-state index contributed by atoms with van der Waals surface area (Å²) in [4.78, 5) is 22.7. The van der Waals surface area contributed by atoms with Crippen LogP contribution in [0.3, 0.4) is 0 Å². The molecule has 1 aromatic rings. The zero-order valence-corrected chi connectivity index (χ0v) is 11.5. The summed E-state index contributed by atoms with van der Waals surface area (Å²) in [5, 5.41) is 20.7. The van der Waals surface area contributed by atoms with Gasteiger partial charge in [0.05, 0.1) is 5.56 Å². The van der Waals surface area contributed by atoms with Crippen LogP contribution in [0.25, 0.3) is 0 Å². The van der Waals surface area contributed by atoms with Crippen molar-refractivity contribution in [3.05, 3.63) is 27.3 Å². The average molecular weight is 349 g/mol. The number of halogens is 1. The number of rotatable bonds is 3. The molecule has 17 heavy (non-hydrogen) atoms. The van der Waals surface area contributed by atoms with E-state index in [0.717, 1.165) is 3.57 Å². The van der Waals surface area contributed by atoms with Crippen LogP contribution in [0, 0.1) is 3.57 Å². The molecular weight excluding hydrogens is 337 g/mol. The highest BCUT2D eigenvalue weighted by atomic mass is 127. The third-order valence-corrected chi connectivity index (χ3v) is 2.83. The van der Waals surface area contributed by atoms with E-state index in [1.54, 1.807) is 6.07 Å². The first-order valence-electron chi connectivity index (χ1n) is 4.78. The molecule has 0 unspecified atom stereocenters. The molecular formula is C11H12INO4. The third kappa shape index (κ3) is 3.32. The van der Waals surface area contributed by atoms with Gasteiger partial charge in [0.25, 0.3) is 5.91 Å². The Labute approximate surface area is 112 Å². The van der Waals surface area contributed by atoms with Crippen LogP contribution in [0.4, 0.5) is 0 Å². The van der Waals surface area contributed by atoms with Crippen LogP contribution in [-0.4, -0.2) is 27.6 Å². The Balaban J connectivity index is 2.98. The summed E-state index contributed by atoms with van der Waals surface area (Å²) in [6, 6.07) is 4.53. The van der Waals surface area contributed by atoms with Crippen LogP contribution >= 0.6 is 22.6 Å². The van der Waals surface area contributed by atoms with Crippen molar-refractivity contribution in [1.82, 2.24) is 5.32 Å². The van der Waals surface area contributed by atoms with Gasteiger partial charge in [0, 0.05) is 3.57 Å². The van der Waals surface area contributed by atoms with Crippen molar-refractivity contribution in [1.29, 1.82) is 0 Å². The van der Waals surface area contributed by atoms with Gasteiger partial charge < -0.3 is 15.5 Å². The fourth-order valence-electron chi connectivity index (χ4n) is 1.09. The molecule has 0 spiro atoms. The Kier molecular flexibility index (Phi) is 3.97. The van der Waals surface area contributed by atoms with Gasteiger partial charge in [0.2, 0.25) is 0 Å². The molecule has 0 aromatic heterocycles. The molecule has 0 aliphatic rings. The van der Waals surface area contributed by atoms with E-state index in [2.05, 4.69) is 5.32 Å². The summed E-state index contributed by atoms with van der Waals surface area (Å²) in [5.41, 5.74) is -1.32. The largest absolute Gasteiger partial charge is 0.507 e. The van der Waals surface area contributed by atoms with Crippen LogP contribution in [0.2, 0.25) is 0 Å². The van der Waals surface area contributed by atoms with Gasteiger partial charge in [-0.25, -0.2) is 4.79 Å². The summed E-state index contributed by atoms with van der Waals surface area (Å²) in [7, 11) is 0. The molecule has 0 aliphatic carbocycles. The summed E-state index contributed by atoms with van der Waals surface area (Å²) in [6.07, 6.45) is 0. The molecule has 0 fully saturated rings. The number of aromatic hydroxyl groups is 1. The molecule has 0 bridgehead atoms. The zero-order valence-electron chi connectivity index (χ0n) is 9.32. The predicted molar refractivity (Wildman–Crippen MR) is 70.0 cm³/mol. The summed E-state index contributed by atoms with van der Waals surface area (Å²) in [6.45, 7) is 2.75. The topological polar surface area (TPSA) is 86.6 Å². The lowest BCUT2D eigenvalue weighted by atomic mass is 10.0. The zero-order chi connectivity index (χ0) is 13.2. The lowest BCUT2D eigenvalue weighted by Gasteiger charge is -2.21. The second-order valence-corrected chi connectivity index (χ2v) is 5.29. The molecule has 5 nitrogen and oxygen atoms in total. The number of amides is 1. The Hall–Kier alpha value is -1.31. The summed E-state index contributed by atoms with van der Waals surface area (Å²) < 4.78 is 0.777. The molecule has 0 saturated carbocycles. The molecule has 0 radical (unpaired) electrons. The minimum absolute atomic E-state index is 0.0613. The minimum atomic E-state index is -1.38. The lowest BCUT2D eigenvalue weighted by Crippen LogP contribution is -2.49. The van der Waals surface area contributed by atoms with Crippen LogP contribution < -0.4 is 5.32 Å². The van der Waals surface area contributed by atoms with Gasteiger partial charge in [0.15, 0.2) is 0 Å². The fraction of sp³-hybridized carbons (Fsp3) is 0.273. The second-order valence-electron chi connectivity index (χ2n) is 4.05. The number of carbonyl (C=O) groups is 2. The molecule has 6 heteroatoms. The Bertz CT molecular complexity index is 471. The number of aliphatic carboxylic acids is 1. The van der Waals surface area contributed by atoms with E-state index in [9.17, 15) is 14.7 Å². The first kappa shape index (κ1) is 13.8. The van der Waals surface area contributed by atoms with Crippen LogP contribution in [-0.2, 0) is 4.79 Å². The van der Waals surface area contributed by atoms with Crippen molar-refractivity contribution >= 4 is 34.5 Å². The van der Waals surface area contributed by atoms with E-state index in [1.165, 1.54) is 26.0 Å². The monoisotopic (exact) mass is 349 g/mol. The second kappa shape index (κ2) is 4.91. The first-order valence-corrected chi connectivity index (χ1v) is 5.86. The van der Waals surface area contributed by atoms with E-state index in [-0.39, 0.29) is 11.3 Å². The smallest absolute Gasteiger partial charge is 0.328 e. The van der Waals surface area contributed by atoms with Crippen molar-refractivity contribution < 1.29 is 19.8 Å². The van der Waals surface area contributed by atoms with Gasteiger partial charge in [-0.3, -0.25) is 4.79 Å². The van der Waals surface area contributed by atoms with E-state index >= 15 is 0 Å². The van der Waals surface area contributed by atoms with Gasteiger partial charge in [-0.05, 0) is 54.6 Å². The number of carbonyl (C=O) groups excluding carboxylic acids is 1.